The molecule has 0 unspecified atom stereocenters. The Morgan fingerprint density at radius 3 is 2.77 bits per heavy atom. The molecule has 8 heteroatoms. The van der Waals surface area contributed by atoms with Crippen LogP contribution in [0.5, 0.6) is 5.75 Å². The second kappa shape index (κ2) is 8.22. The Hall–Kier alpha value is -1.86. The molecule has 2 aromatic carbocycles. The van der Waals surface area contributed by atoms with Crippen LogP contribution in [0, 0.1) is 0 Å². The molecule has 3 rings (SSSR count). The molecule has 0 N–H and O–H groups in total. The summed E-state index contributed by atoms with van der Waals surface area (Å²) in [5.41, 5.74) is 1.14. The number of ether oxygens (including phenoxy) is 2. The van der Waals surface area contributed by atoms with Gasteiger partial charge in [-0.1, -0.05) is 40.6 Å². The van der Waals surface area contributed by atoms with Crippen molar-refractivity contribution in [1.82, 2.24) is 4.57 Å². The summed E-state index contributed by atoms with van der Waals surface area (Å²) in [4.78, 5) is 17.5. The molecular weight excluding hydrogens is 395 g/mol. The fourth-order valence-corrected chi connectivity index (χ4v) is 3.99. The average Bonchev–Trinajstić information content (AvgIpc) is 2.98. The van der Waals surface area contributed by atoms with E-state index in [0.717, 1.165) is 10.2 Å². The van der Waals surface area contributed by atoms with Crippen LogP contribution in [0.3, 0.4) is 0 Å². The highest BCUT2D eigenvalue weighted by atomic mass is 35.5. The van der Waals surface area contributed by atoms with Crippen LogP contribution in [0.25, 0.3) is 10.2 Å². The van der Waals surface area contributed by atoms with Crippen molar-refractivity contribution in [3.63, 3.8) is 0 Å². The predicted molar refractivity (Wildman–Crippen MR) is 105 cm³/mol. The second-order valence-electron chi connectivity index (χ2n) is 5.38. The second-order valence-corrected chi connectivity index (χ2v) is 7.23. The summed E-state index contributed by atoms with van der Waals surface area (Å²) in [5.74, 6) is 0.263. The zero-order chi connectivity index (χ0) is 18.7. The maximum Gasteiger partial charge on any atom is 0.281 e. The van der Waals surface area contributed by atoms with Crippen molar-refractivity contribution < 1.29 is 14.3 Å². The molecule has 3 aromatic rings. The van der Waals surface area contributed by atoms with Gasteiger partial charge in [-0.25, -0.2) is 0 Å². The van der Waals surface area contributed by atoms with Gasteiger partial charge in [0.25, 0.3) is 5.91 Å². The van der Waals surface area contributed by atoms with E-state index in [2.05, 4.69) is 4.99 Å². The smallest absolute Gasteiger partial charge is 0.281 e. The van der Waals surface area contributed by atoms with Gasteiger partial charge in [-0.3, -0.25) is 4.79 Å². The SMILES string of the molecule is COCCn1c(=NC(=O)c2cc(Cl)ccc2Cl)sc2cccc(OC)c21. The molecule has 1 heterocycles. The van der Waals surface area contributed by atoms with Crippen LogP contribution in [-0.4, -0.2) is 31.3 Å². The van der Waals surface area contributed by atoms with E-state index in [4.69, 9.17) is 32.7 Å². The van der Waals surface area contributed by atoms with Crippen LogP contribution in [-0.2, 0) is 11.3 Å². The van der Waals surface area contributed by atoms with Gasteiger partial charge in [0.15, 0.2) is 4.80 Å². The van der Waals surface area contributed by atoms with Crippen LogP contribution in [0.1, 0.15) is 10.4 Å². The average molecular weight is 411 g/mol. The van der Waals surface area contributed by atoms with Gasteiger partial charge in [-0.15, -0.1) is 0 Å². The Bertz CT molecular complexity index is 1030. The molecule has 1 aromatic heterocycles. The van der Waals surface area contributed by atoms with Crippen LogP contribution in [0.4, 0.5) is 0 Å². The third-order valence-corrected chi connectivity index (χ3v) is 5.37. The van der Waals surface area contributed by atoms with Crippen molar-refractivity contribution in [3.8, 4) is 5.75 Å². The van der Waals surface area contributed by atoms with Crippen molar-refractivity contribution in [1.29, 1.82) is 0 Å². The van der Waals surface area contributed by atoms with Gasteiger partial charge >= 0.3 is 0 Å². The Morgan fingerprint density at radius 2 is 2.04 bits per heavy atom. The van der Waals surface area contributed by atoms with Crippen LogP contribution < -0.4 is 9.54 Å². The van der Waals surface area contributed by atoms with Gasteiger partial charge in [0.2, 0.25) is 0 Å². The molecule has 0 fully saturated rings. The number of hydrogen-bond donors (Lipinski definition) is 0. The minimum Gasteiger partial charge on any atom is -0.495 e. The van der Waals surface area contributed by atoms with Gasteiger partial charge in [-0.05, 0) is 30.3 Å². The van der Waals surface area contributed by atoms with Crippen molar-refractivity contribution in [3.05, 3.63) is 56.8 Å². The third kappa shape index (κ3) is 3.78. The van der Waals surface area contributed by atoms with Crippen molar-refractivity contribution in [2.75, 3.05) is 20.8 Å². The number of rotatable bonds is 5. The normalized spacial score (nSPS) is 11.9. The first-order chi connectivity index (χ1) is 12.5. The molecule has 0 aliphatic heterocycles. The van der Waals surface area contributed by atoms with E-state index in [1.807, 2.05) is 22.8 Å². The molecule has 0 aliphatic carbocycles. The van der Waals surface area contributed by atoms with Gasteiger partial charge in [0.1, 0.15) is 11.3 Å². The molecule has 0 radical (unpaired) electrons. The molecule has 0 bridgehead atoms. The number of aromatic nitrogens is 1. The zero-order valence-electron chi connectivity index (χ0n) is 14.2. The predicted octanol–water partition coefficient (Wildman–Crippen LogP) is 4.41. The Balaban J connectivity index is 2.18. The Morgan fingerprint density at radius 1 is 1.23 bits per heavy atom. The van der Waals surface area contributed by atoms with E-state index in [0.29, 0.717) is 33.7 Å². The van der Waals surface area contributed by atoms with Gasteiger partial charge in [-0.2, -0.15) is 4.99 Å². The number of halogens is 2. The van der Waals surface area contributed by atoms with E-state index in [-0.39, 0.29) is 5.56 Å². The van der Waals surface area contributed by atoms with Crippen molar-refractivity contribution in [2.24, 2.45) is 4.99 Å². The van der Waals surface area contributed by atoms with Gasteiger partial charge < -0.3 is 14.0 Å². The van der Waals surface area contributed by atoms with Gasteiger partial charge in [0.05, 0.1) is 29.0 Å². The summed E-state index contributed by atoms with van der Waals surface area (Å²) >= 11 is 13.5. The first kappa shape index (κ1) is 18.9. The number of thiazole rings is 1. The number of methoxy groups -OCH3 is 2. The highest BCUT2D eigenvalue weighted by molar-refractivity contribution is 7.16. The molecule has 0 saturated carbocycles. The molecular formula is C18H16Cl2N2O3S. The summed E-state index contributed by atoms with van der Waals surface area (Å²) in [6.07, 6.45) is 0. The topological polar surface area (TPSA) is 52.8 Å². The Kier molecular flexibility index (Phi) is 5.98. The van der Waals surface area contributed by atoms with Crippen molar-refractivity contribution in [2.45, 2.75) is 6.54 Å². The molecule has 0 atom stereocenters. The van der Waals surface area contributed by atoms with E-state index >= 15 is 0 Å². The van der Waals surface area contributed by atoms with E-state index in [1.54, 1.807) is 26.4 Å². The summed E-state index contributed by atoms with van der Waals surface area (Å²) in [5, 5.41) is 0.739. The molecule has 0 spiro atoms. The van der Waals surface area contributed by atoms with Crippen LogP contribution in [0.15, 0.2) is 41.4 Å². The summed E-state index contributed by atoms with van der Waals surface area (Å²) < 4.78 is 13.5. The number of carbonyl (C=O) groups excluding carboxylic acids is 1. The quantitative estimate of drug-likeness (QED) is 0.625. The van der Waals surface area contributed by atoms with E-state index < -0.39 is 5.91 Å². The van der Waals surface area contributed by atoms with E-state index in [1.165, 1.54) is 17.4 Å². The molecule has 1 amide bonds. The molecule has 136 valence electrons. The first-order valence-electron chi connectivity index (χ1n) is 7.74. The van der Waals surface area contributed by atoms with Crippen LogP contribution in [0.2, 0.25) is 10.0 Å². The highest BCUT2D eigenvalue weighted by Gasteiger charge is 2.14. The lowest BCUT2D eigenvalue weighted by Crippen LogP contribution is -2.19. The molecule has 0 saturated heterocycles. The number of benzene rings is 2. The largest absolute Gasteiger partial charge is 0.495 e. The lowest BCUT2D eigenvalue weighted by atomic mass is 10.2. The zero-order valence-corrected chi connectivity index (χ0v) is 16.5. The maximum atomic E-state index is 12.7. The minimum absolute atomic E-state index is 0.266. The fourth-order valence-electron chi connectivity index (χ4n) is 2.55. The lowest BCUT2D eigenvalue weighted by molar-refractivity contribution is 0.0997. The minimum atomic E-state index is -0.450. The number of amides is 1. The lowest BCUT2D eigenvalue weighted by Gasteiger charge is -2.08. The molecule has 5 nitrogen and oxygen atoms in total. The maximum absolute atomic E-state index is 12.7. The number of hydrogen-bond acceptors (Lipinski definition) is 4. The number of fused-ring (bicyclic) bond motifs is 1. The number of carbonyl (C=O) groups is 1. The molecule has 0 aliphatic rings. The fraction of sp³-hybridized carbons (Fsp3) is 0.222. The monoisotopic (exact) mass is 410 g/mol. The third-order valence-electron chi connectivity index (χ3n) is 3.76. The van der Waals surface area contributed by atoms with Crippen molar-refractivity contribution >= 4 is 50.7 Å². The number of nitrogens with zero attached hydrogens (tertiary/aromatic N) is 2. The summed E-state index contributed by atoms with van der Waals surface area (Å²) in [6.45, 7) is 1.01. The first-order valence-corrected chi connectivity index (χ1v) is 9.31. The molecule has 26 heavy (non-hydrogen) atoms. The van der Waals surface area contributed by atoms with E-state index in [9.17, 15) is 4.79 Å². The van der Waals surface area contributed by atoms with Crippen LogP contribution >= 0.6 is 34.5 Å². The summed E-state index contributed by atoms with van der Waals surface area (Å²) in [6, 6.07) is 10.5. The number of para-hydroxylation sites is 1. The van der Waals surface area contributed by atoms with Gasteiger partial charge in [0, 0.05) is 18.7 Å². The standard InChI is InChI=1S/C18H16Cl2N2O3S/c1-24-9-8-22-16-14(25-2)4-3-5-15(16)26-18(22)21-17(23)12-10-11(19)6-7-13(12)20/h3-7,10H,8-9H2,1-2H3. The summed E-state index contributed by atoms with van der Waals surface area (Å²) in [7, 11) is 3.24. The highest BCUT2D eigenvalue weighted by Crippen LogP contribution is 2.27. The Labute approximate surface area is 164 Å².